The van der Waals surface area contributed by atoms with Gasteiger partial charge in [0, 0.05) is 35.3 Å². The Balaban J connectivity index is 1.80. The molecule has 12 heteroatoms. The monoisotopic (exact) mass is 563 g/mol. The number of ether oxygens (including phenoxy) is 3. The van der Waals surface area contributed by atoms with Crippen LogP contribution in [-0.2, 0) is 16.3 Å². The van der Waals surface area contributed by atoms with Gasteiger partial charge in [-0.1, -0.05) is 0 Å². The first kappa shape index (κ1) is 30.3. The van der Waals surface area contributed by atoms with E-state index in [1.807, 2.05) is 20.8 Å². The average Bonchev–Trinajstić information content (AvgIpc) is 3.21. The van der Waals surface area contributed by atoms with Crippen molar-refractivity contribution in [3.63, 3.8) is 0 Å². The van der Waals surface area contributed by atoms with E-state index >= 15 is 4.39 Å². The molecule has 3 heterocycles. The summed E-state index contributed by atoms with van der Waals surface area (Å²) in [6.45, 7) is 9.39. The molecule has 1 N–H and O–H groups in total. The second-order valence-electron chi connectivity index (χ2n) is 11.1. The summed E-state index contributed by atoms with van der Waals surface area (Å²) in [5, 5.41) is 13.7. The third-order valence-electron chi connectivity index (χ3n) is 5.64. The van der Waals surface area contributed by atoms with Crippen LogP contribution in [0.2, 0.25) is 0 Å². The van der Waals surface area contributed by atoms with E-state index in [9.17, 15) is 9.90 Å². The van der Waals surface area contributed by atoms with Crippen LogP contribution < -0.4 is 9.47 Å². The van der Waals surface area contributed by atoms with E-state index in [0.29, 0.717) is 17.7 Å². The number of nitrogens with zero attached hydrogens (tertiary/aromatic N) is 5. The first-order chi connectivity index (χ1) is 18.2. The van der Waals surface area contributed by atoms with Gasteiger partial charge in [0.2, 0.25) is 11.7 Å². The van der Waals surface area contributed by atoms with E-state index in [1.54, 1.807) is 26.1 Å². The van der Waals surface area contributed by atoms with Crippen molar-refractivity contribution in [1.82, 2.24) is 24.7 Å². The van der Waals surface area contributed by atoms with Crippen LogP contribution in [-0.4, -0.2) is 79.6 Å². The summed E-state index contributed by atoms with van der Waals surface area (Å²) in [6.07, 6.45) is 9.59. The number of carboxylic acid groups (broad SMARTS) is 1. The highest BCUT2D eigenvalue weighted by Gasteiger charge is 2.28. The summed E-state index contributed by atoms with van der Waals surface area (Å²) < 4.78 is 33.9. The highest BCUT2D eigenvalue weighted by Crippen LogP contribution is 2.33. The van der Waals surface area contributed by atoms with Crippen LogP contribution >= 0.6 is 10.0 Å². The maximum Gasteiger partial charge on any atom is 0.317 e. The van der Waals surface area contributed by atoms with Crippen LogP contribution in [0, 0.1) is 18.2 Å². The summed E-state index contributed by atoms with van der Waals surface area (Å²) in [5.74, 6) is -0.225. The molecule has 3 aromatic heterocycles. The minimum absolute atomic E-state index is 0.00768. The lowest BCUT2D eigenvalue weighted by Gasteiger charge is -2.24. The maximum absolute atomic E-state index is 15.3. The molecule has 0 aromatic carbocycles. The second-order valence-corrected chi connectivity index (χ2v) is 15.7. The Morgan fingerprint density at radius 2 is 1.90 bits per heavy atom. The van der Waals surface area contributed by atoms with Crippen molar-refractivity contribution in [2.75, 3.05) is 37.7 Å². The lowest BCUT2D eigenvalue weighted by molar-refractivity contribution is -0.148. The highest BCUT2D eigenvalue weighted by molar-refractivity contribution is 8.32. The van der Waals surface area contributed by atoms with Crippen molar-refractivity contribution in [2.45, 2.75) is 47.5 Å². The first-order valence-corrected chi connectivity index (χ1v) is 15.5. The van der Waals surface area contributed by atoms with Crippen molar-refractivity contribution in [3.8, 4) is 34.5 Å². The van der Waals surface area contributed by atoms with E-state index < -0.39 is 27.2 Å². The lowest BCUT2D eigenvalue weighted by Crippen LogP contribution is -2.30. The molecule has 0 saturated heterocycles. The summed E-state index contributed by atoms with van der Waals surface area (Å²) in [4.78, 5) is 24.2. The topological polar surface area (TPSA) is 121 Å². The van der Waals surface area contributed by atoms with Crippen LogP contribution in [0.1, 0.15) is 33.3 Å². The lowest BCUT2D eigenvalue weighted by atomic mass is 9.95. The number of aliphatic carboxylic acids is 1. The molecule has 3 rings (SSSR count). The zero-order valence-electron chi connectivity index (χ0n) is 23.8. The predicted octanol–water partition coefficient (Wildman–Crippen LogP) is 4.79. The van der Waals surface area contributed by atoms with Gasteiger partial charge in [0.1, 0.15) is 19.0 Å². The van der Waals surface area contributed by atoms with Crippen molar-refractivity contribution < 1.29 is 28.5 Å². The molecule has 0 amide bonds. The van der Waals surface area contributed by atoms with Gasteiger partial charge in [-0.2, -0.15) is 9.67 Å². The molecular weight excluding hydrogens is 525 g/mol. The number of pyridine rings is 2. The number of hydrogen-bond donors (Lipinski definition) is 1. The van der Waals surface area contributed by atoms with Gasteiger partial charge >= 0.3 is 12.0 Å². The van der Waals surface area contributed by atoms with Crippen molar-refractivity contribution in [2.24, 2.45) is 5.41 Å². The second kappa shape index (κ2) is 12.3. The van der Waals surface area contributed by atoms with Crippen LogP contribution in [0.25, 0.3) is 22.6 Å². The Morgan fingerprint density at radius 1 is 1.18 bits per heavy atom. The first-order valence-electron chi connectivity index (χ1n) is 12.5. The molecule has 10 nitrogen and oxygen atoms in total. The van der Waals surface area contributed by atoms with Crippen molar-refractivity contribution >= 4 is 16.0 Å². The molecule has 0 aliphatic carbocycles. The quantitative estimate of drug-likeness (QED) is 0.292. The Kier molecular flexibility index (Phi) is 9.55. The Morgan fingerprint density at radius 3 is 2.49 bits per heavy atom. The number of halogens is 1. The molecule has 0 radical (unpaired) electrons. The number of aromatic nitrogens is 5. The van der Waals surface area contributed by atoms with Gasteiger partial charge in [0.25, 0.3) is 0 Å². The largest absolute Gasteiger partial charge is 0.481 e. The number of rotatable bonds is 13. The van der Waals surface area contributed by atoms with E-state index in [1.165, 1.54) is 16.9 Å². The van der Waals surface area contributed by atoms with Crippen molar-refractivity contribution in [3.05, 3.63) is 35.9 Å². The number of carboxylic acids is 1. The van der Waals surface area contributed by atoms with Crippen LogP contribution in [0.4, 0.5) is 4.39 Å². The van der Waals surface area contributed by atoms with Gasteiger partial charge < -0.3 is 19.3 Å². The fourth-order valence-corrected chi connectivity index (χ4v) is 3.87. The van der Waals surface area contributed by atoms with Crippen molar-refractivity contribution in [1.29, 1.82) is 0 Å². The summed E-state index contributed by atoms with van der Waals surface area (Å²) in [7, 11) is -0.690. The third kappa shape index (κ3) is 8.37. The van der Waals surface area contributed by atoms with Crippen LogP contribution in [0.3, 0.4) is 0 Å². The zero-order valence-corrected chi connectivity index (χ0v) is 24.6. The van der Waals surface area contributed by atoms with E-state index in [4.69, 9.17) is 14.2 Å². The van der Waals surface area contributed by atoms with E-state index in [2.05, 4.69) is 38.8 Å². The van der Waals surface area contributed by atoms with Gasteiger partial charge in [-0.25, -0.2) is 24.4 Å². The molecule has 0 fully saturated rings. The normalized spacial score (nSPS) is 12.6. The molecule has 0 bridgehead atoms. The zero-order chi connectivity index (χ0) is 29.0. The molecular formula is C27H38FN5O5S. The molecule has 0 atom stereocenters. The smallest absolute Gasteiger partial charge is 0.317 e. The molecule has 3 aromatic rings. The molecule has 39 heavy (non-hydrogen) atoms. The molecule has 0 unspecified atom stereocenters. The van der Waals surface area contributed by atoms with Gasteiger partial charge in [-0.3, -0.25) is 4.79 Å². The minimum atomic E-state index is -1.06. The van der Waals surface area contributed by atoms with E-state index in [0.717, 1.165) is 11.3 Å². The van der Waals surface area contributed by atoms with Crippen LogP contribution in [0.5, 0.6) is 11.9 Å². The SMILES string of the molecule is Cc1cc(OCC(C)(C)C(=O)O)ncc1-c1cnc(-c2nc(OC(C)C)n(COCCS(C)(C)C)n2)c(F)c1. The number of hydrogen-bond acceptors (Lipinski definition) is 8. The predicted molar refractivity (Wildman–Crippen MR) is 150 cm³/mol. The summed E-state index contributed by atoms with van der Waals surface area (Å²) in [5.41, 5.74) is 0.884. The molecule has 0 spiro atoms. The summed E-state index contributed by atoms with van der Waals surface area (Å²) >= 11 is 0. The van der Waals surface area contributed by atoms with E-state index in [-0.39, 0.29) is 42.9 Å². The fraction of sp³-hybridized carbons (Fsp3) is 0.519. The fourth-order valence-electron chi connectivity index (χ4n) is 3.25. The Labute approximate surface area is 230 Å². The Hall–Kier alpha value is -3.25. The van der Waals surface area contributed by atoms with Gasteiger partial charge in [-0.05, 0) is 65.0 Å². The Bertz CT molecular complexity index is 1310. The highest BCUT2D eigenvalue weighted by atomic mass is 32.3. The molecule has 0 aliphatic rings. The number of carbonyl (C=O) groups is 1. The van der Waals surface area contributed by atoms with Gasteiger partial charge in [0.15, 0.2) is 5.82 Å². The number of aryl methyl sites for hydroxylation is 1. The molecule has 214 valence electrons. The average molecular weight is 564 g/mol. The minimum Gasteiger partial charge on any atom is -0.481 e. The molecule has 0 aliphatic heterocycles. The maximum atomic E-state index is 15.3. The molecule has 0 saturated carbocycles. The van der Waals surface area contributed by atoms with Crippen LogP contribution in [0.15, 0.2) is 24.5 Å². The van der Waals surface area contributed by atoms with Gasteiger partial charge in [0.05, 0.1) is 18.1 Å². The van der Waals surface area contributed by atoms with Gasteiger partial charge in [-0.15, -0.1) is 5.10 Å². The third-order valence-corrected chi connectivity index (χ3v) is 7.03. The standard InChI is InChI=1S/C27H38FN5O5S/c1-17(2)38-26-31-24(32-33(26)16-36-9-10-39(6,7)8)23-21(28)12-19(13-30-23)20-14-29-22(11-18(20)3)37-15-27(4,5)25(34)35/h11-14,17H,9-10,15-16H2,1-8H3,(H,34,35). The summed E-state index contributed by atoms with van der Waals surface area (Å²) in [6, 6.07) is 3.26.